The Labute approximate surface area is 189 Å². The molecule has 1 amide bonds. The molecule has 8 nitrogen and oxygen atoms in total. The highest BCUT2D eigenvalue weighted by atomic mass is 19.1. The van der Waals surface area contributed by atoms with Gasteiger partial charge >= 0.3 is 0 Å². The Kier molecular flexibility index (Phi) is 4.86. The van der Waals surface area contributed by atoms with E-state index in [1.807, 2.05) is 19.9 Å². The van der Waals surface area contributed by atoms with Crippen LogP contribution in [0.15, 0.2) is 42.9 Å². The van der Waals surface area contributed by atoms with E-state index in [-0.39, 0.29) is 11.1 Å². The van der Waals surface area contributed by atoms with Crippen LogP contribution in [0.3, 0.4) is 0 Å². The van der Waals surface area contributed by atoms with Gasteiger partial charge in [0.25, 0.3) is 0 Å². The number of hydrogen-bond donors (Lipinski definition) is 3. The van der Waals surface area contributed by atoms with Crippen molar-refractivity contribution >= 4 is 22.8 Å². The Bertz CT molecular complexity index is 1400. The summed E-state index contributed by atoms with van der Waals surface area (Å²) in [6.07, 6.45) is 5.91. The van der Waals surface area contributed by atoms with Crippen molar-refractivity contribution in [3.05, 3.63) is 59.8 Å². The highest BCUT2D eigenvalue weighted by molar-refractivity contribution is 5.96. The number of halogens is 1. The number of nitrogens with two attached hydrogens (primary N) is 2. The van der Waals surface area contributed by atoms with Gasteiger partial charge in [0.05, 0.1) is 16.8 Å². The number of anilines is 1. The van der Waals surface area contributed by atoms with E-state index in [1.165, 1.54) is 6.07 Å². The second kappa shape index (κ2) is 7.63. The number of nitrogens with zero attached hydrogens (tertiary/aromatic N) is 4. The van der Waals surface area contributed by atoms with Crippen molar-refractivity contribution in [3.8, 4) is 22.5 Å². The lowest BCUT2D eigenvalue weighted by Gasteiger charge is -2.26. The second-order valence-corrected chi connectivity index (χ2v) is 8.91. The van der Waals surface area contributed by atoms with Crippen LogP contribution in [-0.4, -0.2) is 44.5 Å². The molecule has 0 bridgehead atoms. The molecule has 33 heavy (non-hydrogen) atoms. The van der Waals surface area contributed by atoms with Crippen molar-refractivity contribution in [2.24, 2.45) is 11.5 Å². The maximum Gasteiger partial charge on any atom is 0.248 e. The van der Waals surface area contributed by atoms with E-state index < -0.39 is 11.7 Å². The third-order valence-electron chi connectivity index (χ3n) is 6.09. The minimum atomic E-state index is -0.698. The van der Waals surface area contributed by atoms with Crippen LogP contribution in [0.4, 0.5) is 10.1 Å². The van der Waals surface area contributed by atoms with Crippen LogP contribution in [-0.2, 0) is 0 Å². The van der Waals surface area contributed by atoms with Crippen molar-refractivity contribution in [2.75, 3.05) is 18.0 Å². The summed E-state index contributed by atoms with van der Waals surface area (Å²) in [5, 5.41) is 0. The van der Waals surface area contributed by atoms with Crippen LogP contribution in [0.25, 0.3) is 33.7 Å². The van der Waals surface area contributed by atoms with Crippen LogP contribution >= 0.6 is 0 Å². The maximum absolute atomic E-state index is 14.4. The SMILES string of the molecule is Cc1ccnc2nc(-c3cncc(-c4cc(F)cc(C(N)=O)c4)c3N3CC[C@](C)(N)C3)[nH]c12. The highest BCUT2D eigenvalue weighted by Crippen LogP contribution is 2.41. The molecule has 168 valence electrons. The number of imidazole rings is 1. The van der Waals surface area contributed by atoms with Crippen LogP contribution < -0.4 is 16.4 Å². The summed E-state index contributed by atoms with van der Waals surface area (Å²) >= 11 is 0. The average molecular weight is 446 g/mol. The fraction of sp³-hybridized carbons (Fsp3) is 0.250. The molecule has 9 heteroatoms. The van der Waals surface area contributed by atoms with Crippen molar-refractivity contribution in [1.82, 2.24) is 19.9 Å². The summed E-state index contributed by atoms with van der Waals surface area (Å²) in [6.45, 7) is 5.31. The molecule has 1 fully saturated rings. The van der Waals surface area contributed by atoms with Gasteiger partial charge in [-0.2, -0.15) is 0 Å². The molecule has 0 saturated carbocycles. The molecule has 1 saturated heterocycles. The molecule has 1 aliphatic rings. The monoisotopic (exact) mass is 445 g/mol. The minimum absolute atomic E-state index is 0.0926. The van der Waals surface area contributed by atoms with Crippen LogP contribution in [0.5, 0.6) is 0 Å². The Morgan fingerprint density at radius 3 is 2.73 bits per heavy atom. The lowest BCUT2D eigenvalue weighted by molar-refractivity contribution is 0.1000. The van der Waals surface area contributed by atoms with Crippen molar-refractivity contribution < 1.29 is 9.18 Å². The van der Waals surface area contributed by atoms with Gasteiger partial charge in [0.1, 0.15) is 11.6 Å². The highest BCUT2D eigenvalue weighted by Gasteiger charge is 2.33. The molecule has 1 aromatic carbocycles. The molecule has 4 heterocycles. The first-order valence-electron chi connectivity index (χ1n) is 10.7. The quantitative estimate of drug-likeness (QED) is 0.443. The molecule has 0 aliphatic carbocycles. The molecule has 5 N–H and O–H groups in total. The Balaban J connectivity index is 1.75. The number of primary amides is 1. The second-order valence-electron chi connectivity index (χ2n) is 8.91. The normalized spacial score (nSPS) is 18.2. The smallest absolute Gasteiger partial charge is 0.248 e. The predicted molar refractivity (Wildman–Crippen MR) is 125 cm³/mol. The van der Waals surface area contributed by atoms with Gasteiger partial charge < -0.3 is 21.4 Å². The number of fused-ring (bicyclic) bond motifs is 1. The third-order valence-corrected chi connectivity index (χ3v) is 6.09. The van der Waals surface area contributed by atoms with Crippen LogP contribution in [0.1, 0.15) is 29.3 Å². The number of nitrogens with one attached hydrogen (secondary N) is 1. The number of benzene rings is 1. The van der Waals surface area contributed by atoms with Gasteiger partial charge in [-0.05, 0) is 55.7 Å². The summed E-state index contributed by atoms with van der Waals surface area (Å²) in [7, 11) is 0. The topological polar surface area (TPSA) is 127 Å². The molecule has 0 spiro atoms. The lowest BCUT2D eigenvalue weighted by atomic mass is 9.99. The molecular formula is C24H24FN7O. The zero-order valence-electron chi connectivity index (χ0n) is 18.4. The average Bonchev–Trinajstić information content (AvgIpc) is 3.36. The van der Waals surface area contributed by atoms with E-state index in [4.69, 9.17) is 16.5 Å². The number of carbonyl (C=O) groups excluding carboxylic acids is 1. The van der Waals surface area contributed by atoms with Crippen molar-refractivity contribution in [1.29, 1.82) is 0 Å². The van der Waals surface area contributed by atoms with Crippen molar-refractivity contribution in [3.63, 3.8) is 0 Å². The largest absolute Gasteiger partial charge is 0.368 e. The van der Waals surface area contributed by atoms with E-state index in [2.05, 4.69) is 19.9 Å². The van der Waals surface area contributed by atoms with Crippen molar-refractivity contribution in [2.45, 2.75) is 25.8 Å². The molecule has 0 unspecified atom stereocenters. The standard InChI is InChI=1S/C24H24FN7O/c1-13-3-5-29-23-19(13)30-22(31-23)18-11-28-10-17(20(18)32-6-4-24(2,27)12-32)14-7-15(21(26)33)9-16(25)8-14/h3,5,7-11H,4,6,12,27H2,1-2H3,(H2,26,33)(H,29,30,31)/t24-/m0/s1. The molecule has 3 aromatic heterocycles. The summed E-state index contributed by atoms with van der Waals surface area (Å²) in [4.78, 5) is 30.8. The number of amides is 1. The number of pyridine rings is 2. The first-order valence-corrected chi connectivity index (χ1v) is 10.7. The number of carbonyl (C=O) groups is 1. The summed E-state index contributed by atoms with van der Waals surface area (Å²) < 4.78 is 14.4. The fourth-order valence-corrected chi connectivity index (χ4v) is 4.40. The van der Waals surface area contributed by atoms with Gasteiger partial charge in [-0.1, -0.05) is 0 Å². The molecular weight excluding hydrogens is 421 g/mol. The van der Waals surface area contributed by atoms with E-state index in [0.717, 1.165) is 34.8 Å². The number of aromatic amines is 1. The molecule has 0 radical (unpaired) electrons. The number of rotatable bonds is 4. The zero-order chi connectivity index (χ0) is 23.3. The van der Waals surface area contributed by atoms with Gasteiger partial charge in [-0.3, -0.25) is 9.78 Å². The summed E-state index contributed by atoms with van der Waals surface area (Å²) in [6, 6.07) is 6.00. The summed E-state index contributed by atoms with van der Waals surface area (Å²) in [5.41, 5.74) is 16.8. The molecule has 5 rings (SSSR count). The van der Waals surface area contributed by atoms with Gasteiger partial charge in [0, 0.05) is 48.3 Å². The van der Waals surface area contributed by atoms with Gasteiger partial charge in [-0.25, -0.2) is 14.4 Å². The summed E-state index contributed by atoms with van der Waals surface area (Å²) in [5.74, 6) is -0.643. The lowest BCUT2D eigenvalue weighted by Crippen LogP contribution is -2.39. The maximum atomic E-state index is 14.4. The first-order chi connectivity index (χ1) is 15.7. The van der Waals surface area contributed by atoms with Gasteiger partial charge in [-0.15, -0.1) is 0 Å². The minimum Gasteiger partial charge on any atom is -0.368 e. The Morgan fingerprint density at radius 2 is 2.03 bits per heavy atom. The number of aryl methyl sites for hydroxylation is 1. The number of H-pyrrole nitrogens is 1. The van der Waals surface area contributed by atoms with E-state index >= 15 is 0 Å². The van der Waals surface area contributed by atoms with Gasteiger partial charge in [0.2, 0.25) is 5.91 Å². The van der Waals surface area contributed by atoms with Crippen LogP contribution in [0, 0.1) is 12.7 Å². The number of hydrogen-bond acceptors (Lipinski definition) is 6. The predicted octanol–water partition coefficient (Wildman–Crippen LogP) is 3.16. The Morgan fingerprint density at radius 1 is 1.24 bits per heavy atom. The molecule has 1 atom stereocenters. The Hall–Kier alpha value is -3.85. The molecule has 4 aromatic rings. The number of aromatic nitrogens is 4. The molecule has 1 aliphatic heterocycles. The van der Waals surface area contributed by atoms with E-state index in [9.17, 15) is 9.18 Å². The van der Waals surface area contributed by atoms with Gasteiger partial charge in [0.15, 0.2) is 5.65 Å². The zero-order valence-corrected chi connectivity index (χ0v) is 18.4. The van der Waals surface area contributed by atoms with Crippen LogP contribution in [0.2, 0.25) is 0 Å². The van der Waals surface area contributed by atoms with E-state index in [1.54, 1.807) is 24.7 Å². The fourth-order valence-electron chi connectivity index (χ4n) is 4.40. The third kappa shape index (κ3) is 3.80. The first kappa shape index (κ1) is 21.0. The van der Waals surface area contributed by atoms with E-state index in [0.29, 0.717) is 35.7 Å².